The molecular weight excluding hydrogens is 252 g/mol. The van der Waals surface area contributed by atoms with E-state index in [1.807, 2.05) is 12.1 Å². The molecule has 1 aromatic carbocycles. The zero-order chi connectivity index (χ0) is 14.6. The molecule has 4 nitrogen and oxygen atoms in total. The minimum Gasteiger partial charge on any atom is -0.445 e. The normalized spacial score (nSPS) is 16.1. The Hall–Kier alpha value is -1.55. The Kier molecular flexibility index (Phi) is 4.65. The van der Waals surface area contributed by atoms with Gasteiger partial charge in [-0.1, -0.05) is 45.0 Å². The van der Waals surface area contributed by atoms with E-state index in [2.05, 4.69) is 38.2 Å². The second-order valence-electron chi connectivity index (χ2n) is 6.24. The van der Waals surface area contributed by atoms with Crippen molar-refractivity contribution in [2.24, 2.45) is 0 Å². The van der Waals surface area contributed by atoms with Crippen LogP contribution in [0.15, 0.2) is 24.3 Å². The van der Waals surface area contributed by atoms with Crippen molar-refractivity contribution in [1.82, 2.24) is 10.2 Å². The Labute approximate surface area is 121 Å². The van der Waals surface area contributed by atoms with E-state index in [0.717, 1.165) is 31.7 Å². The lowest BCUT2D eigenvalue weighted by atomic mass is 9.87. The van der Waals surface area contributed by atoms with Gasteiger partial charge in [-0.2, -0.15) is 0 Å². The third-order valence-corrected chi connectivity index (χ3v) is 3.56. The molecule has 1 aromatic rings. The number of hydrogen-bond acceptors (Lipinski definition) is 3. The molecule has 0 bridgehead atoms. The fourth-order valence-electron chi connectivity index (χ4n) is 2.18. The van der Waals surface area contributed by atoms with E-state index in [0.29, 0.717) is 6.61 Å². The lowest BCUT2D eigenvalue weighted by molar-refractivity contribution is 0.0918. The van der Waals surface area contributed by atoms with E-state index in [9.17, 15) is 4.79 Å². The SMILES string of the molecule is CC(C)(C)c1ccc(COC(=O)N2CCNCC2)cc1. The summed E-state index contributed by atoms with van der Waals surface area (Å²) in [6, 6.07) is 8.28. The van der Waals surface area contributed by atoms with Gasteiger partial charge in [-0.05, 0) is 16.5 Å². The number of piperazine rings is 1. The van der Waals surface area contributed by atoms with Gasteiger partial charge in [0.2, 0.25) is 0 Å². The van der Waals surface area contributed by atoms with Crippen LogP contribution in [-0.2, 0) is 16.8 Å². The van der Waals surface area contributed by atoms with Gasteiger partial charge in [0.05, 0.1) is 0 Å². The number of benzene rings is 1. The Bertz CT molecular complexity index is 443. The molecule has 20 heavy (non-hydrogen) atoms. The zero-order valence-corrected chi connectivity index (χ0v) is 12.6. The summed E-state index contributed by atoms with van der Waals surface area (Å²) in [5.41, 5.74) is 2.46. The Morgan fingerprint density at radius 1 is 1.20 bits per heavy atom. The van der Waals surface area contributed by atoms with Crippen LogP contribution in [-0.4, -0.2) is 37.2 Å². The largest absolute Gasteiger partial charge is 0.445 e. The fourth-order valence-corrected chi connectivity index (χ4v) is 2.18. The van der Waals surface area contributed by atoms with Gasteiger partial charge < -0.3 is 15.0 Å². The highest BCUT2D eigenvalue weighted by molar-refractivity contribution is 5.67. The van der Waals surface area contributed by atoms with Gasteiger partial charge in [-0.25, -0.2) is 4.79 Å². The molecule has 0 spiro atoms. The lowest BCUT2D eigenvalue weighted by Gasteiger charge is -2.26. The van der Waals surface area contributed by atoms with Crippen LogP contribution in [0.1, 0.15) is 31.9 Å². The average Bonchev–Trinajstić information content (AvgIpc) is 2.45. The smallest absolute Gasteiger partial charge is 0.410 e. The molecule has 4 heteroatoms. The van der Waals surface area contributed by atoms with Gasteiger partial charge in [0, 0.05) is 26.2 Å². The van der Waals surface area contributed by atoms with Crippen LogP contribution in [0.3, 0.4) is 0 Å². The molecule has 1 fully saturated rings. The maximum atomic E-state index is 11.9. The van der Waals surface area contributed by atoms with Gasteiger partial charge in [-0.3, -0.25) is 0 Å². The van der Waals surface area contributed by atoms with Crippen molar-refractivity contribution in [2.75, 3.05) is 26.2 Å². The van der Waals surface area contributed by atoms with Crippen LogP contribution in [0.25, 0.3) is 0 Å². The number of carbonyl (C=O) groups excluding carboxylic acids is 1. The second kappa shape index (κ2) is 6.27. The molecule has 0 radical (unpaired) electrons. The number of amides is 1. The number of carbonyl (C=O) groups is 1. The number of rotatable bonds is 2. The molecule has 0 unspecified atom stereocenters. The van der Waals surface area contributed by atoms with Crippen LogP contribution in [0.4, 0.5) is 4.79 Å². The quantitative estimate of drug-likeness (QED) is 0.902. The van der Waals surface area contributed by atoms with Crippen molar-refractivity contribution < 1.29 is 9.53 Å². The third-order valence-electron chi connectivity index (χ3n) is 3.56. The number of hydrogen-bond donors (Lipinski definition) is 1. The number of ether oxygens (including phenoxy) is 1. The highest BCUT2D eigenvalue weighted by Crippen LogP contribution is 2.22. The molecule has 1 aliphatic rings. The summed E-state index contributed by atoms with van der Waals surface area (Å²) in [4.78, 5) is 13.6. The fraction of sp³-hybridized carbons (Fsp3) is 0.562. The molecule has 0 aromatic heterocycles. The van der Waals surface area contributed by atoms with Crippen LogP contribution in [0.5, 0.6) is 0 Å². The standard InChI is InChI=1S/C16H24N2O2/c1-16(2,3)14-6-4-13(5-7-14)12-20-15(19)18-10-8-17-9-11-18/h4-7,17H,8-12H2,1-3H3. The molecule has 1 heterocycles. The first-order valence-electron chi connectivity index (χ1n) is 7.19. The van der Waals surface area contributed by atoms with Crippen LogP contribution in [0.2, 0.25) is 0 Å². The topological polar surface area (TPSA) is 41.6 Å². The predicted octanol–water partition coefficient (Wildman–Crippen LogP) is 2.53. The summed E-state index contributed by atoms with van der Waals surface area (Å²) < 4.78 is 5.35. The van der Waals surface area contributed by atoms with Crippen molar-refractivity contribution in [3.63, 3.8) is 0 Å². The number of nitrogens with zero attached hydrogens (tertiary/aromatic N) is 1. The van der Waals surface area contributed by atoms with E-state index in [4.69, 9.17) is 4.74 Å². The van der Waals surface area contributed by atoms with Gasteiger partial charge in [0.1, 0.15) is 6.61 Å². The van der Waals surface area contributed by atoms with Gasteiger partial charge in [0.15, 0.2) is 0 Å². The molecule has 2 rings (SSSR count). The summed E-state index contributed by atoms with van der Waals surface area (Å²) in [7, 11) is 0. The summed E-state index contributed by atoms with van der Waals surface area (Å²) in [5, 5.41) is 3.21. The molecular formula is C16H24N2O2. The maximum absolute atomic E-state index is 11.9. The average molecular weight is 276 g/mol. The molecule has 110 valence electrons. The van der Waals surface area contributed by atoms with Crippen LogP contribution in [0, 0.1) is 0 Å². The Morgan fingerprint density at radius 2 is 1.80 bits per heavy atom. The molecule has 0 saturated carbocycles. The first-order chi connectivity index (χ1) is 9.47. The zero-order valence-electron chi connectivity index (χ0n) is 12.6. The van der Waals surface area contributed by atoms with E-state index in [1.54, 1.807) is 4.90 Å². The first kappa shape index (κ1) is 14.9. The summed E-state index contributed by atoms with van der Waals surface area (Å²) in [6.07, 6.45) is -0.216. The Balaban J connectivity index is 1.86. The summed E-state index contributed by atoms with van der Waals surface area (Å²) >= 11 is 0. The van der Waals surface area contributed by atoms with E-state index < -0.39 is 0 Å². The van der Waals surface area contributed by atoms with Gasteiger partial charge >= 0.3 is 6.09 Å². The highest BCUT2D eigenvalue weighted by Gasteiger charge is 2.17. The van der Waals surface area contributed by atoms with Crippen molar-refractivity contribution in [3.8, 4) is 0 Å². The first-order valence-corrected chi connectivity index (χ1v) is 7.19. The van der Waals surface area contributed by atoms with Crippen molar-refractivity contribution >= 4 is 6.09 Å². The van der Waals surface area contributed by atoms with E-state index in [-0.39, 0.29) is 11.5 Å². The molecule has 1 aliphatic heterocycles. The highest BCUT2D eigenvalue weighted by atomic mass is 16.6. The summed E-state index contributed by atoms with van der Waals surface area (Å²) in [6.45, 7) is 10.0. The maximum Gasteiger partial charge on any atom is 0.410 e. The minimum absolute atomic E-state index is 0.149. The van der Waals surface area contributed by atoms with Gasteiger partial charge in [0.25, 0.3) is 0 Å². The lowest BCUT2D eigenvalue weighted by Crippen LogP contribution is -2.46. The molecule has 0 aliphatic carbocycles. The van der Waals surface area contributed by atoms with Crippen LogP contribution >= 0.6 is 0 Å². The molecule has 1 N–H and O–H groups in total. The Morgan fingerprint density at radius 3 is 2.35 bits per heavy atom. The van der Waals surface area contributed by atoms with E-state index >= 15 is 0 Å². The van der Waals surface area contributed by atoms with Crippen LogP contribution < -0.4 is 5.32 Å². The van der Waals surface area contributed by atoms with Crippen molar-refractivity contribution in [2.45, 2.75) is 32.8 Å². The second-order valence-corrected chi connectivity index (χ2v) is 6.24. The molecule has 0 atom stereocenters. The van der Waals surface area contributed by atoms with Crippen molar-refractivity contribution in [1.29, 1.82) is 0 Å². The predicted molar refractivity (Wildman–Crippen MR) is 79.8 cm³/mol. The molecule has 1 saturated heterocycles. The minimum atomic E-state index is -0.216. The number of nitrogens with one attached hydrogen (secondary N) is 1. The van der Waals surface area contributed by atoms with Crippen molar-refractivity contribution in [3.05, 3.63) is 35.4 Å². The van der Waals surface area contributed by atoms with Gasteiger partial charge in [-0.15, -0.1) is 0 Å². The summed E-state index contributed by atoms with van der Waals surface area (Å²) in [5.74, 6) is 0. The monoisotopic (exact) mass is 276 g/mol. The third kappa shape index (κ3) is 3.97. The van der Waals surface area contributed by atoms with E-state index in [1.165, 1.54) is 5.56 Å². The molecule has 1 amide bonds.